The fraction of sp³-hybridized carbons (Fsp3) is 0.480. The number of aryl methyl sites for hydroxylation is 2. The van der Waals surface area contributed by atoms with E-state index < -0.39 is 36.5 Å². The standard InChI is InChI=1S/C50H60BrF2N10O4P/c1-6-30-24-40(58-49-55-29-35(51)47(60-49)57-39-10-9-38-34(46(39)68(4,5)66)28-54-43(7-2)56-38)42(67-3)27-41(30)63-18-12-31(13-19-63)61-20-14-50(15-21-61)16-22-62(23-17-50)32-25-36(52)45(37(53)26-32)33-8-11-44(64)59-48(33)65/h9-10,24-29,31,33H,6-8,11-23H2,1-5H3,(H,59,64,65)(H2,55,57,58,60)/t33-/m1/s1. The van der Waals surface area contributed by atoms with E-state index in [9.17, 15) is 14.2 Å². The SMILES string of the molecule is CCc1ncc2c(P(C)(C)=O)c(Nc3nc(Nc4cc(CC)c(N5CCC(N6CCC7(CCN(c8cc(F)c([C@H]9CCC(=O)NC9=O)c(F)c8)CC7)CC6)CC5)cc4OC)ncc3Br)ccc2n1. The number of anilines is 6. The van der Waals surface area contributed by atoms with E-state index in [1.807, 2.05) is 19.1 Å². The molecular formula is C50H60BrF2N10O4P. The van der Waals surface area contributed by atoms with Gasteiger partial charge in [-0.2, -0.15) is 4.98 Å². The highest BCUT2D eigenvalue weighted by atomic mass is 79.9. The van der Waals surface area contributed by atoms with Crippen LogP contribution in [0.5, 0.6) is 5.75 Å². The van der Waals surface area contributed by atoms with Gasteiger partial charge >= 0.3 is 0 Å². The molecule has 14 nitrogen and oxygen atoms in total. The summed E-state index contributed by atoms with van der Waals surface area (Å²) in [6.45, 7) is 13.1. The smallest absolute Gasteiger partial charge is 0.234 e. The number of fused-ring (bicyclic) bond motifs is 1. The first-order chi connectivity index (χ1) is 32.6. The van der Waals surface area contributed by atoms with Gasteiger partial charge in [-0.15, -0.1) is 0 Å². The fourth-order valence-corrected chi connectivity index (χ4v) is 12.6. The van der Waals surface area contributed by atoms with Gasteiger partial charge in [-0.05, 0) is 135 Å². The van der Waals surface area contributed by atoms with Gasteiger partial charge in [0.1, 0.15) is 36.2 Å². The molecule has 4 aliphatic rings. The summed E-state index contributed by atoms with van der Waals surface area (Å²) in [5.74, 6) is -1.21. The molecule has 68 heavy (non-hydrogen) atoms. The van der Waals surface area contributed by atoms with E-state index in [2.05, 4.69) is 80.6 Å². The highest BCUT2D eigenvalue weighted by Crippen LogP contribution is 2.45. The molecule has 3 aromatic carbocycles. The van der Waals surface area contributed by atoms with E-state index in [4.69, 9.17) is 9.72 Å². The van der Waals surface area contributed by atoms with Gasteiger partial charge in [0.25, 0.3) is 0 Å². The zero-order valence-electron chi connectivity index (χ0n) is 39.4. The van der Waals surface area contributed by atoms with Crippen molar-refractivity contribution in [2.75, 3.05) is 80.1 Å². The average molecular weight is 1010 g/mol. The number of ether oxygens (including phenoxy) is 1. The molecule has 0 bridgehead atoms. The Morgan fingerprint density at radius 1 is 0.853 bits per heavy atom. The van der Waals surface area contributed by atoms with Gasteiger partial charge in [0.05, 0.1) is 34.4 Å². The summed E-state index contributed by atoms with van der Waals surface area (Å²) in [7, 11) is -1.11. The summed E-state index contributed by atoms with van der Waals surface area (Å²) < 4.78 is 51.0. The van der Waals surface area contributed by atoms with Crippen molar-refractivity contribution < 1.29 is 27.7 Å². The van der Waals surface area contributed by atoms with E-state index in [1.165, 1.54) is 23.4 Å². The molecule has 0 aliphatic carbocycles. The number of piperidine rings is 4. The summed E-state index contributed by atoms with van der Waals surface area (Å²) in [5, 5.41) is 10.5. The van der Waals surface area contributed by atoms with Gasteiger partial charge < -0.3 is 34.6 Å². The number of halogens is 3. The molecule has 18 heteroatoms. The quantitative estimate of drug-likeness (QED) is 0.0804. The van der Waals surface area contributed by atoms with Crippen molar-refractivity contribution in [2.24, 2.45) is 5.41 Å². The molecule has 5 aromatic rings. The second-order valence-corrected chi connectivity index (χ2v) is 23.1. The van der Waals surface area contributed by atoms with Crippen LogP contribution in [0.4, 0.5) is 43.3 Å². The molecular weight excluding hydrogens is 953 g/mol. The van der Waals surface area contributed by atoms with Gasteiger partial charge in [-0.3, -0.25) is 14.9 Å². The van der Waals surface area contributed by atoms with Crippen molar-refractivity contribution in [1.29, 1.82) is 0 Å². The maximum atomic E-state index is 15.4. The van der Waals surface area contributed by atoms with Crippen LogP contribution >= 0.6 is 23.1 Å². The first-order valence-electron chi connectivity index (χ1n) is 23.8. The zero-order chi connectivity index (χ0) is 47.9. The summed E-state index contributed by atoms with van der Waals surface area (Å²) in [6.07, 6.45) is 11.5. The van der Waals surface area contributed by atoms with Crippen LogP contribution in [0, 0.1) is 17.0 Å². The second kappa shape index (κ2) is 19.6. The van der Waals surface area contributed by atoms with Crippen LogP contribution in [0.1, 0.15) is 88.1 Å². The number of nitrogens with one attached hydrogen (secondary N) is 3. The molecule has 6 heterocycles. The number of aromatic nitrogens is 4. The summed E-state index contributed by atoms with van der Waals surface area (Å²) >= 11 is 3.62. The largest absolute Gasteiger partial charge is 0.494 e. The number of nitrogens with zero attached hydrogens (tertiary/aromatic N) is 7. The number of carbonyl (C=O) groups is 2. The lowest BCUT2D eigenvalue weighted by atomic mass is 9.71. The molecule has 4 saturated heterocycles. The van der Waals surface area contributed by atoms with Gasteiger partial charge in [-0.1, -0.05) is 13.8 Å². The van der Waals surface area contributed by atoms with Gasteiger partial charge in [-0.25, -0.2) is 23.7 Å². The molecule has 2 amide bonds. The number of amides is 2. The Labute approximate surface area is 404 Å². The first-order valence-corrected chi connectivity index (χ1v) is 27.2. The van der Waals surface area contributed by atoms with E-state index in [-0.39, 0.29) is 23.8 Å². The molecule has 1 atom stereocenters. The van der Waals surface area contributed by atoms with E-state index in [1.54, 1.807) is 32.8 Å². The van der Waals surface area contributed by atoms with Crippen molar-refractivity contribution in [2.45, 2.75) is 90.0 Å². The van der Waals surface area contributed by atoms with Crippen molar-refractivity contribution in [3.63, 3.8) is 0 Å². The normalized spacial score (nSPS) is 19.4. The Bertz CT molecular complexity index is 2760. The van der Waals surface area contributed by atoms with Crippen LogP contribution in [0.25, 0.3) is 10.9 Å². The molecule has 3 N–H and O–H groups in total. The number of hydrogen-bond acceptors (Lipinski definition) is 13. The fourth-order valence-electron chi connectivity index (χ4n) is 10.8. The van der Waals surface area contributed by atoms with E-state index in [0.29, 0.717) is 51.1 Å². The molecule has 9 rings (SSSR count). The minimum atomic E-state index is -2.79. The van der Waals surface area contributed by atoms with Gasteiger partial charge in [0, 0.05) is 91.2 Å². The predicted octanol–water partition coefficient (Wildman–Crippen LogP) is 9.20. The lowest BCUT2D eigenvalue weighted by Gasteiger charge is -2.50. The topological polar surface area (TPSA) is 158 Å². The number of imide groups is 1. The van der Waals surface area contributed by atoms with E-state index in [0.717, 1.165) is 107 Å². The lowest BCUT2D eigenvalue weighted by molar-refractivity contribution is -0.134. The van der Waals surface area contributed by atoms with E-state index >= 15 is 8.78 Å². The highest BCUT2D eigenvalue weighted by Gasteiger charge is 2.40. The number of rotatable bonds is 12. The molecule has 0 radical (unpaired) electrons. The first kappa shape index (κ1) is 47.8. The molecule has 4 fully saturated rings. The van der Waals surface area contributed by atoms with Crippen molar-refractivity contribution in [1.82, 2.24) is 30.2 Å². The van der Waals surface area contributed by atoms with Crippen LogP contribution in [0.2, 0.25) is 0 Å². The maximum absolute atomic E-state index is 15.4. The highest BCUT2D eigenvalue weighted by molar-refractivity contribution is 9.10. The third-order valence-electron chi connectivity index (χ3n) is 14.7. The number of benzene rings is 3. The van der Waals surface area contributed by atoms with Crippen molar-refractivity contribution >= 4 is 85.6 Å². The van der Waals surface area contributed by atoms with Crippen LogP contribution in [0.15, 0.2) is 53.3 Å². The summed E-state index contributed by atoms with van der Waals surface area (Å²) in [5.41, 5.74) is 5.02. The average Bonchev–Trinajstić information content (AvgIpc) is 3.32. The van der Waals surface area contributed by atoms with Crippen molar-refractivity contribution in [3.05, 3.63) is 81.9 Å². The summed E-state index contributed by atoms with van der Waals surface area (Å²) in [6, 6.07) is 11.3. The Morgan fingerprint density at radius 3 is 2.21 bits per heavy atom. The number of likely N-dealkylation sites (tertiary alicyclic amines) is 1. The number of carbonyl (C=O) groups excluding carboxylic acids is 2. The predicted molar refractivity (Wildman–Crippen MR) is 268 cm³/mol. The lowest BCUT2D eigenvalue weighted by Crippen LogP contribution is -2.52. The third-order valence-corrected chi connectivity index (χ3v) is 16.8. The van der Waals surface area contributed by atoms with Crippen LogP contribution < -0.4 is 35.8 Å². The molecule has 0 unspecified atom stereocenters. The number of hydrogen-bond donors (Lipinski definition) is 3. The summed E-state index contributed by atoms with van der Waals surface area (Å²) in [4.78, 5) is 49.8. The minimum absolute atomic E-state index is 0.0659. The van der Waals surface area contributed by atoms with Gasteiger partial charge in [0.2, 0.25) is 17.8 Å². The molecule has 0 saturated carbocycles. The Balaban J connectivity index is 0.809. The molecule has 1 spiro atoms. The Morgan fingerprint density at radius 2 is 1.56 bits per heavy atom. The Kier molecular flexibility index (Phi) is 13.8. The third kappa shape index (κ3) is 9.80. The van der Waals surface area contributed by atoms with Gasteiger partial charge in [0.15, 0.2) is 0 Å². The molecule has 360 valence electrons. The van der Waals surface area contributed by atoms with Crippen LogP contribution in [-0.4, -0.2) is 102 Å². The van der Waals surface area contributed by atoms with Crippen molar-refractivity contribution in [3.8, 4) is 5.75 Å². The minimum Gasteiger partial charge on any atom is -0.494 e. The van der Waals surface area contributed by atoms with Crippen LogP contribution in [0.3, 0.4) is 0 Å². The number of methoxy groups -OCH3 is 1. The maximum Gasteiger partial charge on any atom is 0.234 e. The molecule has 4 aliphatic heterocycles. The zero-order valence-corrected chi connectivity index (χ0v) is 41.9. The monoisotopic (exact) mass is 1010 g/mol. The second-order valence-electron chi connectivity index (χ2n) is 19.1. The Hall–Kier alpha value is -5.25. The van der Waals surface area contributed by atoms with Crippen LogP contribution in [-0.2, 0) is 27.0 Å². The molecule has 2 aromatic heterocycles.